The molecule has 9 heteroatoms. The van der Waals surface area contributed by atoms with Crippen LogP contribution in [0.1, 0.15) is 111 Å². The first-order valence-electron chi connectivity index (χ1n) is 19.3. The van der Waals surface area contributed by atoms with Gasteiger partial charge in [-0.05, 0) is 55.0 Å². The minimum absolute atomic E-state index is 0.0867. The number of carbonyl (C=O) groups excluding carboxylic acids is 4. The lowest BCUT2D eigenvalue weighted by molar-refractivity contribution is -0.138. The molecule has 278 valence electrons. The van der Waals surface area contributed by atoms with Crippen LogP contribution in [0.4, 0.5) is 0 Å². The van der Waals surface area contributed by atoms with Crippen molar-refractivity contribution in [1.82, 2.24) is 20.4 Å². The van der Waals surface area contributed by atoms with Crippen molar-refractivity contribution in [2.24, 2.45) is 0 Å². The van der Waals surface area contributed by atoms with Crippen LogP contribution >= 0.6 is 0 Å². The van der Waals surface area contributed by atoms with Gasteiger partial charge in [0.1, 0.15) is 18.4 Å². The van der Waals surface area contributed by atoms with Crippen molar-refractivity contribution in [2.45, 2.75) is 108 Å². The van der Waals surface area contributed by atoms with E-state index in [4.69, 9.17) is 4.74 Å². The molecule has 0 saturated carbocycles. The Morgan fingerprint density at radius 3 is 2.19 bits per heavy atom. The summed E-state index contributed by atoms with van der Waals surface area (Å²) in [5.41, 5.74) is 2.67. The number of unbranched alkanes of at least 4 members (excludes halogenated alkanes) is 6. The van der Waals surface area contributed by atoms with Gasteiger partial charge in [-0.15, -0.1) is 0 Å². The summed E-state index contributed by atoms with van der Waals surface area (Å²) in [5, 5.41) is 6.30. The number of hydrogen-bond acceptors (Lipinski definition) is 5. The monoisotopic (exact) mass is 708 g/mol. The number of ether oxygens (including phenoxy) is 1. The summed E-state index contributed by atoms with van der Waals surface area (Å²) >= 11 is 0. The number of amides is 4. The van der Waals surface area contributed by atoms with Gasteiger partial charge in [-0.2, -0.15) is 0 Å². The maximum atomic E-state index is 14.4. The summed E-state index contributed by atoms with van der Waals surface area (Å²) in [4.78, 5) is 57.9. The number of nitrogens with zero attached hydrogens (tertiary/aromatic N) is 2. The van der Waals surface area contributed by atoms with E-state index in [0.29, 0.717) is 50.1 Å². The Bertz CT molecular complexity index is 1560. The highest BCUT2D eigenvalue weighted by Crippen LogP contribution is 2.29. The molecule has 1 unspecified atom stereocenters. The summed E-state index contributed by atoms with van der Waals surface area (Å²) < 4.78 is 6.22. The molecular weight excluding hydrogens is 652 g/mol. The van der Waals surface area contributed by atoms with E-state index in [2.05, 4.69) is 17.6 Å². The fraction of sp³-hybridized carbons (Fsp3) is 0.488. The normalized spacial score (nSPS) is 19.5. The Hall–Kier alpha value is -4.66. The average Bonchev–Trinajstić information content (AvgIpc) is 3.57. The molecule has 2 N–H and O–H groups in total. The first kappa shape index (κ1) is 38.6. The maximum Gasteiger partial charge on any atom is 0.253 e. The van der Waals surface area contributed by atoms with Gasteiger partial charge in [-0.3, -0.25) is 19.2 Å². The molecule has 0 aliphatic carbocycles. The van der Waals surface area contributed by atoms with Crippen LogP contribution in [0, 0.1) is 0 Å². The van der Waals surface area contributed by atoms with Gasteiger partial charge in [0, 0.05) is 50.5 Å². The number of benzene rings is 3. The number of rotatable bonds is 14. The van der Waals surface area contributed by atoms with Crippen LogP contribution < -0.4 is 15.4 Å². The van der Waals surface area contributed by atoms with Crippen LogP contribution in [0.2, 0.25) is 0 Å². The largest absolute Gasteiger partial charge is 0.491 e. The Morgan fingerprint density at radius 2 is 1.50 bits per heavy atom. The quantitative estimate of drug-likeness (QED) is 0.178. The number of hydrogen-bond donors (Lipinski definition) is 2. The number of carbonyl (C=O) groups is 4. The second-order valence-corrected chi connectivity index (χ2v) is 14.4. The molecule has 52 heavy (non-hydrogen) atoms. The second-order valence-electron chi connectivity index (χ2n) is 14.4. The lowest BCUT2D eigenvalue weighted by atomic mass is 9.88. The SMILES string of the molecule is CCCCCCCCCC(=O)NC1CCCN(C)C(=O)c2cccc(c2)OC[C@@H]2C[C@H](NC(=O)CC(c3ccccc3)c3ccccc3)CN2C1=O. The van der Waals surface area contributed by atoms with Gasteiger partial charge in [0.2, 0.25) is 17.7 Å². The zero-order valence-electron chi connectivity index (χ0n) is 30.9. The van der Waals surface area contributed by atoms with Crippen molar-refractivity contribution in [3.05, 3.63) is 102 Å². The van der Waals surface area contributed by atoms with E-state index in [9.17, 15) is 19.2 Å². The first-order valence-corrected chi connectivity index (χ1v) is 19.3. The summed E-state index contributed by atoms with van der Waals surface area (Å²) in [7, 11) is 1.75. The van der Waals surface area contributed by atoms with Crippen LogP contribution in [-0.4, -0.2) is 78.3 Å². The predicted molar refractivity (Wildman–Crippen MR) is 204 cm³/mol. The lowest BCUT2D eigenvalue weighted by Gasteiger charge is -2.30. The molecule has 3 aromatic carbocycles. The highest BCUT2D eigenvalue weighted by atomic mass is 16.5. The Kier molecular flexibility index (Phi) is 14.7. The summed E-state index contributed by atoms with van der Waals surface area (Å²) in [5.74, 6) is -0.0792. The smallest absolute Gasteiger partial charge is 0.253 e. The number of nitrogens with one attached hydrogen (secondary N) is 2. The lowest BCUT2D eigenvalue weighted by Crippen LogP contribution is -2.52. The molecule has 1 saturated heterocycles. The molecule has 0 spiro atoms. The zero-order valence-corrected chi connectivity index (χ0v) is 30.9. The molecule has 4 amide bonds. The standard InChI is InChI=1S/C43H56N4O5/c1-3-4-5-6-7-8-15-25-40(48)45-39-24-17-26-46(2)42(50)34-22-16-23-37(27-34)52-31-36-28-35(30-47(36)43(39)51)44-41(49)29-38(32-18-11-9-12-19-32)33-20-13-10-14-21-33/h9-14,16,18-23,27,35-36,38-39H,3-8,15,17,24-26,28-31H2,1-2H3,(H,44,49)(H,45,48)/t35-,36-,39?/m0/s1. The highest BCUT2D eigenvalue weighted by molar-refractivity contribution is 5.94. The molecule has 5 rings (SSSR count). The Morgan fingerprint density at radius 1 is 0.827 bits per heavy atom. The first-order chi connectivity index (χ1) is 25.3. The third-order valence-electron chi connectivity index (χ3n) is 10.4. The minimum Gasteiger partial charge on any atom is -0.491 e. The average molecular weight is 709 g/mol. The van der Waals surface area contributed by atoms with Gasteiger partial charge in [-0.25, -0.2) is 0 Å². The van der Waals surface area contributed by atoms with E-state index in [1.807, 2.05) is 66.7 Å². The van der Waals surface area contributed by atoms with Crippen LogP contribution in [0.3, 0.4) is 0 Å². The molecular formula is C43H56N4O5. The Labute approximate surface area is 309 Å². The molecule has 2 heterocycles. The van der Waals surface area contributed by atoms with E-state index in [1.165, 1.54) is 25.7 Å². The fourth-order valence-corrected chi connectivity index (χ4v) is 7.45. The van der Waals surface area contributed by atoms with E-state index in [0.717, 1.165) is 30.4 Å². The summed E-state index contributed by atoms with van der Waals surface area (Å²) in [6, 6.07) is 25.9. The maximum absolute atomic E-state index is 14.4. The van der Waals surface area contributed by atoms with Gasteiger partial charge in [0.15, 0.2) is 0 Å². The Balaban J connectivity index is 1.30. The van der Waals surface area contributed by atoms with Crippen LogP contribution in [0.5, 0.6) is 5.75 Å². The summed E-state index contributed by atoms with van der Waals surface area (Å²) in [6.45, 7) is 3.16. The van der Waals surface area contributed by atoms with Gasteiger partial charge in [0.05, 0.1) is 6.04 Å². The molecule has 2 aliphatic rings. The fourth-order valence-electron chi connectivity index (χ4n) is 7.45. The molecule has 0 radical (unpaired) electrons. The predicted octanol–water partition coefficient (Wildman–Crippen LogP) is 6.86. The van der Waals surface area contributed by atoms with Crippen molar-refractivity contribution in [1.29, 1.82) is 0 Å². The van der Waals surface area contributed by atoms with Crippen molar-refractivity contribution >= 4 is 23.6 Å². The molecule has 3 aromatic rings. The summed E-state index contributed by atoms with van der Waals surface area (Å²) in [6.07, 6.45) is 9.84. The van der Waals surface area contributed by atoms with Crippen LogP contribution in [0.15, 0.2) is 84.9 Å². The third kappa shape index (κ3) is 11.2. The molecule has 1 fully saturated rings. The van der Waals surface area contributed by atoms with Crippen molar-refractivity contribution in [2.75, 3.05) is 26.7 Å². The molecule has 2 bridgehead atoms. The topological polar surface area (TPSA) is 108 Å². The van der Waals surface area contributed by atoms with Gasteiger partial charge >= 0.3 is 0 Å². The van der Waals surface area contributed by atoms with Crippen molar-refractivity contribution in [3.8, 4) is 5.75 Å². The second kappa shape index (κ2) is 19.8. The van der Waals surface area contributed by atoms with Crippen molar-refractivity contribution in [3.63, 3.8) is 0 Å². The third-order valence-corrected chi connectivity index (χ3v) is 10.4. The van der Waals surface area contributed by atoms with Crippen LogP contribution in [0.25, 0.3) is 0 Å². The minimum atomic E-state index is -0.737. The van der Waals surface area contributed by atoms with E-state index in [1.54, 1.807) is 35.0 Å². The van der Waals surface area contributed by atoms with Crippen LogP contribution in [-0.2, 0) is 14.4 Å². The van der Waals surface area contributed by atoms with Gasteiger partial charge in [0.25, 0.3) is 5.91 Å². The van der Waals surface area contributed by atoms with E-state index in [-0.39, 0.29) is 54.7 Å². The molecule has 2 aliphatic heterocycles. The molecule has 3 atom stereocenters. The molecule has 9 nitrogen and oxygen atoms in total. The van der Waals surface area contributed by atoms with Crippen molar-refractivity contribution < 1.29 is 23.9 Å². The highest BCUT2D eigenvalue weighted by Gasteiger charge is 2.39. The van der Waals surface area contributed by atoms with E-state index < -0.39 is 6.04 Å². The van der Waals surface area contributed by atoms with Gasteiger partial charge < -0.3 is 25.2 Å². The van der Waals surface area contributed by atoms with E-state index >= 15 is 0 Å². The molecule has 0 aromatic heterocycles. The number of fused-ring (bicyclic) bond motifs is 3. The zero-order chi connectivity index (χ0) is 36.7. The van der Waals surface area contributed by atoms with Gasteiger partial charge in [-0.1, -0.05) is 112 Å².